The predicted octanol–water partition coefficient (Wildman–Crippen LogP) is 1.31. The van der Waals surface area contributed by atoms with Gasteiger partial charge in [-0.3, -0.25) is 4.79 Å². The van der Waals surface area contributed by atoms with E-state index in [1.165, 1.54) is 0 Å². The summed E-state index contributed by atoms with van der Waals surface area (Å²) in [5.74, 6) is -0.257. The zero-order valence-electron chi connectivity index (χ0n) is 9.57. The fraction of sp³-hybridized carbons (Fsp3) is 0.462. The summed E-state index contributed by atoms with van der Waals surface area (Å²) in [6.45, 7) is 1.99. The molecule has 0 saturated heterocycles. The third kappa shape index (κ3) is 1.71. The van der Waals surface area contributed by atoms with Crippen molar-refractivity contribution in [2.75, 3.05) is 0 Å². The number of hydrogen-bond acceptors (Lipinski definition) is 2. The lowest BCUT2D eigenvalue weighted by molar-refractivity contribution is -0.123. The number of hydrogen-bond donors (Lipinski definition) is 2. The van der Waals surface area contributed by atoms with Gasteiger partial charge in [-0.15, -0.1) is 0 Å². The second-order valence-electron chi connectivity index (χ2n) is 5.14. The van der Waals surface area contributed by atoms with Gasteiger partial charge in [-0.05, 0) is 31.7 Å². The first kappa shape index (κ1) is 11.1. The first-order valence-corrected chi connectivity index (χ1v) is 5.61. The Morgan fingerprint density at radius 3 is 2.31 bits per heavy atom. The highest BCUT2D eigenvalue weighted by molar-refractivity contribution is 5.87. The predicted molar refractivity (Wildman–Crippen MR) is 63.8 cm³/mol. The van der Waals surface area contributed by atoms with Gasteiger partial charge in [0.1, 0.15) is 0 Å². The molecule has 1 aromatic rings. The molecule has 1 amide bonds. The summed E-state index contributed by atoms with van der Waals surface area (Å²) in [6, 6.07) is 9.74. The molecule has 2 rings (SSSR count). The van der Waals surface area contributed by atoms with Crippen LogP contribution < -0.4 is 11.5 Å². The molecule has 0 spiro atoms. The van der Waals surface area contributed by atoms with Crippen LogP contribution in [0.2, 0.25) is 0 Å². The molecule has 1 aliphatic rings. The second-order valence-corrected chi connectivity index (χ2v) is 5.14. The molecular weight excluding hydrogens is 200 g/mol. The van der Waals surface area contributed by atoms with Gasteiger partial charge in [0.25, 0.3) is 0 Å². The fourth-order valence-electron chi connectivity index (χ4n) is 2.72. The lowest BCUT2D eigenvalue weighted by Crippen LogP contribution is -2.43. The average Bonchev–Trinajstić information content (AvgIpc) is 2.57. The molecule has 16 heavy (non-hydrogen) atoms. The van der Waals surface area contributed by atoms with Crippen LogP contribution in [0.1, 0.15) is 31.7 Å². The Labute approximate surface area is 95.8 Å². The lowest BCUT2D eigenvalue weighted by atomic mass is 9.77. The van der Waals surface area contributed by atoms with Gasteiger partial charge >= 0.3 is 0 Å². The van der Waals surface area contributed by atoms with Crippen molar-refractivity contribution < 1.29 is 4.79 Å². The number of benzene rings is 1. The van der Waals surface area contributed by atoms with E-state index in [9.17, 15) is 4.79 Å². The molecule has 0 unspecified atom stereocenters. The smallest absolute Gasteiger partial charge is 0.228 e. The molecule has 1 saturated carbocycles. The molecule has 0 heterocycles. The van der Waals surface area contributed by atoms with Crippen LogP contribution in [0.25, 0.3) is 0 Å². The summed E-state index contributed by atoms with van der Waals surface area (Å²) in [4.78, 5) is 11.8. The highest BCUT2D eigenvalue weighted by atomic mass is 16.1. The van der Waals surface area contributed by atoms with E-state index >= 15 is 0 Å². The van der Waals surface area contributed by atoms with Crippen molar-refractivity contribution in [3.63, 3.8) is 0 Å². The SMILES string of the molecule is C[C@@]1(N)CC[C@@](C(N)=O)(c2ccccc2)C1. The summed E-state index contributed by atoms with van der Waals surface area (Å²) in [5.41, 5.74) is 11.9. The highest BCUT2D eigenvalue weighted by Crippen LogP contribution is 2.44. The van der Waals surface area contributed by atoms with Gasteiger partial charge in [0.05, 0.1) is 5.41 Å². The molecular formula is C13H18N2O. The van der Waals surface area contributed by atoms with Gasteiger partial charge in [-0.25, -0.2) is 0 Å². The summed E-state index contributed by atoms with van der Waals surface area (Å²) in [7, 11) is 0. The van der Waals surface area contributed by atoms with Crippen molar-refractivity contribution in [3.05, 3.63) is 35.9 Å². The first-order chi connectivity index (χ1) is 7.46. The average molecular weight is 218 g/mol. The number of amides is 1. The Kier molecular flexibility index (Phi) is 2.50. The summed E-state index contributed by atoms with van der Waals surface area (Å²) >= 11 is 0. The molecule has 1 aliphatic carbocycles. The van der Waals surface area contributed by atoms with Crippen LogP contribution in [0.15, 0.2) is 30.3 Å². The Hall–Kier alpha value is -1.35. The second kappa shape index (κ2) is 3.59. The molecule has 2 atom stereocenters. The third-order valence-corrected chi connectivity index (χ3v) is 3.63. The third-order valence-electron chi connectivity index (χ3n) is 3.63. The van der Waals surface area contributed by atoms with Crippen LogP contribution in [-0.4, -0.2) is 11.4 Å². The first-order valence-electron chi connectivity index (χ1n) is 5.61. The number of carbonyl (C=O) groups is 1. The zero-order chi connectivity index (χ0) is 11.8. The standard InChI is InChI=1S/C13H18N2O/c1-12(15)7-8-13(9-12,11(14)16)10-5-3-2-4-6-10/h2-6H,7-9,15H2,1H3,(H2,14,16)/t12-,13+/m1/s1. The van der Waals surface area contributed by atoms with Gasteiger partial charge in [-0.2, -0.15) is 0 Å². The minimum Gasteiger partial charge on any atom is -0.369 e. The van der Waals surface area contributed by atoms with Crippen molar-refractivity contribution in [3.8, 4) is 0 Å². The summed E-state index contributed by atoms with van der Waals surface area (Å²) in [6.07, 6.45) is 2.23. The maximum absolute atomic E-state index is 11.8. The molecule has 0 bridgehead atoms. The largest absolute Gasteiger partial charge is 0.369 e. The summed E-state index contributed by atoms with van der Waals surface area (Å²) in [5, 5.41) is 0. The number of primary amides is 1. The van der Waals surface area contributed by atoms with E-state index in [2.05, 4.69) is 0 Å². The van der Waals surface area contributed by atoms with E-state index in [4.69, 9.17) is 11.5 Å². The van der Waals surface area contributed by atoms with Crippen LogP contribution in [0, 0.1) is 0 Å². The molecule has 1 aromatic carbocycles. The van der Waals surface area contributed by atoms with Crippen LogP contribution in [0.5, 0.6) is 0 Å². The molecule has 3 nitrogen and oxygen atoms in total. The van der Waals surface area contributed by atoms with E-state index in [1.807, 2.05) is 37.3 Å². The lowest BCUT2D eigenvalue weighted by Gasteiger charge is -2.28. The van der Waals surface area contributed by atoms with Crippen molar-refractivity contribution in [2.45, 2.75) is 37.1 Å². The van der Waals surface area contributed by atoms with E-state index in [-0.39, 0.29) is 11.4 Å². The maximum Gasteiger partial charge on any atom is 0.228 e. The fourth-order valence-corrected chi connectivity index (χ4v) is 2.72. The van der Waals surface area contributed by atoms with Gasteiger partial charge in [0.2, 0.25) is 5.91 Å². The van der Waals surface area contributed by atoms with E-state index in [0.717, 1.165) is 18.4 Å². The molecule has 4 N–H and O–H groups in total. The van der Waals surface area contributed by atoms with Gasteiger partial charge in [-0.1, -0.05) is 30.3 Å². The Morgan fingerprint density at radius 1 is 1.25 bits per heavy atom. The van der Waals surface area contributed by atoms with Gasteiger partial charge in [0, 0.05) is 5.54 Å². The summed E-state index contributed by atoms with van der Waals surface area (Å²) < 4.78 is 0. The Balaban J connectivity index is 2.43. The highest BCUT2D eigenvalue weighted by Gasteiger charge is 2.48. The molecule has 86 valence electrons. The van der Waals surface area contributed by atoms with Crippen molar-refractivity contribution >= 4 is 5.91 Å². The van der Waals surface area contributed by atoms with Crippen LogP contribution in [-0.2, 0) is 10.2 Å². The van der Waals surface area contributed by atoms with Crippen LogP contribution >= 0.6 is 0 Å². The maximum atomic E-state index is 11.8. The zero-order valence-corrected chi connectivity index (χ0v) is 9.57. The molecule has 0 radical (unpaired) electrons. The quantitative estimate of drug-likeness (QED) is 0.785. The van der Waals surface area contributed by atoms with E-state index in [0.29, 0.717) is 6.42 Å². The Bertz CT molecular complexity index is 400. The topological polar surface area (TPSA) is 69.1 Å². The van der Waals surface area contributed by atoms with Crippen LogP contribution in [0.3, 0.4) is 0 Å². The van der Waals surface area contributed by atoms with Crippen LogP contribution in [0.4, 0.5) is 0 Å². The molecule has 1 fully saturated rings. The van der Waals surface area contributed by atoms with Crippen molar-refractivity contribution in [2.24, 2.45) is 11.5 Å². The molecule has 3 heteroatoms. The minimum atomic E-state index is -0.565. The molecule has 0 aliphatic heterocycles. The van der Waals surface area contributed by atoms with E-state index in [1.54, 1.807) is 0 Å². The van der Waals surface area contributed by atoms with Crippen molar-refractivity contribution in [1.29, 1.82) is 0 Å². The number of nitrogens with two attached hydrogens (primary N) is 2. The number of rotatable bonds is 2. The number of carbonyl (C=O) groups excluding carboxylic acids is 1. The Morgan fingerprint density at radius 2 is 1.88 bits per heavy atom. The normalized spacial score (nSPS) is 33.9. The van der Waals surface area contributed by atoms with Gasteiger partial charge in [0.15, 0.2) is 0 Å². The van der Waals surface area contributed by atoms with Gasteiger partial charge < -0.3 is 11.5 Å². The monoisotopic (exact) mass is 218 g/mol. The van der Waals surface area contributed by atoms with Crippen molar-refractivity contribution in [1.82, 2.24) is 0 Å². The van der Waals surface area contributed by atoms with E-state index < -0.39 is 5.41 Å². The minimum absolute atomic E-state index is 0.257. The molecule has 0 aromatic heterocycles.